The summed E-state index contributed by atoms with van der Waals surface area (Å²) in [6.45, 7) is 5.85. The van der Waals surface area contributed by atoms with Gasteiger partial charge in [0.05, 0.1) is 0 Å². The van der Waals surface area contributed by atoms with E-state index < -0.39 is 0 Å². The number of phenolic OH excluding ortho intramolecular Hbond substituents is 1. The lowest BCUT2D eigenvalue weighted by atomic mass is 10.0. The predicted octanol–water partition coefficient (Wildman–Crippen LogP) is 2.03. The van der Waals surface area contributed by atoms with Crippen LogP contribution in [-0.4, -0.2) is 5.11 Å². The molecule has 0 bridgehead atoms. The van der Waals surface area contributed by atoms with Crippen LogP contribution in [-0.2, 0) is 0 Å². The second-order valence-electron chi connectivity index (χ2n) is 3.28. The average molecular weight is 165 g/mol. The van der Waals surface area contributed by atoms with Crippen LogP contribution in [0.3, 0.4) is 0 Å². The van der Waals surface area contributed by atoms with Gasteiger partial charge < -0.3 is 10.8 Å². The lowest BCUT2D eigenvalue weighted by molar-refractivity contribution is 0.463. The van der Waals surface area contributed by atoms with Crippen molar-refractivity contribution in [2.45, 2.75) is 26.8 Å². The highest BCUT2D eigenvalue weighted by Crippen LogP contribution is 2.25. The van der Waals surface area contributed by atoms with Gasteiger partial charge >= 0.3 is 0 Å². The maximum atomic E-state index is 9.51. The van der Waals surface area contributed by atoms with Gasteiger partial charge in [0.2, 0.25) is 0 Å². The zero-order valence-corrected chi connectivity index (χ0v) is 7.76. The molecule has 0 spiro atoms. The molecule has 1 atom stereocenters. The Balaban J connectivity index is 3.23. The number of benzene rings is 1. The van der Waals surface area contributed by atoms with Crippen molar-refractivity contribution in [2.75, 3.05) is 0 Å². The summed E-state index contributed by atoms with van der Waals surface area (Å²) < 4.78 is 0. The van der Waals surface area contributed by atoms with Crippen LogP contribution >= 0.6 is 0 Å². The van der Waals surface area contributed by atoms with Gasteiger partial charge in [-0.3, -0.25) is 0 Å². The fraction of sp³-hybridized carbons (Fsp3) is 0.400. The molecule has 2 heteroatoms. The van der Waals surface area contributed by atoms with Crippen molar-refractivity contribution in [3.8, 4) is 5.75 Å². The lowest BCUT2D eigenvalue weighted by Gasteiger charge is -2.10. The normalized spacial score (nSPS) is 13.0. The van der Waals surface area contributed by atoms with E-state index in [1.807, 2.05) is 26.8 Å². The summed E-state index contributed by atoms with van der Waals surface area (Å²) in [7, 11) is 0. The second kappa shape index (κ2) is 3.15. The first-order valence-electron chi connectivity index (χ1n) is 4.08. The first-order valence-corrected chi connectivity index (χ1v) is 4.08. The monoisotopic (exact) mass is 165 g/mol. The zero-order chi connectivity index (χ0) is 9.30. The minimum atomic E-state index is -0.107. The Morgan fingerprint density at radius 2 is 1.75 bits per heavy atom. The fourth-order valence-corrected chi connectivity index (χ4v) is 1.19. The van der Waals surface area contributed by atoms with Crippen LogP contribution in [0.25, 0.3) is 0 Å². The molecule has 0 saturated heterocycles. The third-order valence-corrected chi connectivity index (χ3v) is 2.13. The Bertz CT molecular complexity index is 292. The third-order valence-electron chi connectivity index (χ3n) is 2.13. The molecular weight excluding hydrogens is 150 g/mol. The number of hydrogen-bond donors (Lipinski definition) is 2. The molecule has 0 amide bonds. The summed E-state index contributed by atoms with van der Waals surface area (Å²) in [6, 6.07) is 3.59. The molecule has 12 heavy (non-hydrogen) atoms. The molecule has 0 heterocycles. The highest BCUT2D eigenvalue weighted by molar-refractivity contribution is 5.42. The summed E-state index contributed by atoms with van der Waals surface area (Å²) in [6.07, 6.45) is 0. The van der Waals surface area contributed by atoms with E-state index in [0.29, 0.717) is 5.75 Å². The van der Waals surface area contributed by atoms with Gasteiger partial charge in [-0.1, -0.05) is 6.07 Å². The minimum Gasteiger partial charge on any atom is -0.508 e. The van der Waals surface area contributed by atoms with E-state index in [1.165, 1.54) is 5.56 Å². The number of aryl methyl sites for hydroxylation is 2. The van der Waals surface area contributed by atoms with Crippen molar-refractivity contribution in [3.05, 3.63) is 28.8 Å². The molecule has 0 saturated carbocycles. The van der Waals surface area contributed by atoms with Gasteiger partial charge in [0.1, 0.15) is 5.75 Å². The standard InChI is InChI=1S/C10H15NO/c1-6-4-9(8(3)11)10(12)5-7(6)2/h4-5,8,12H,11H2,1-3H3/t8-/m1/s1. The molecule has 0 aliphatic heterocycles. The van der Waals surface area contributed by atoms with Gasteiger partial charge in [0.25, 0.3) is 0 Å². The number of phenols is 1. The van der Waals surface area contributed by atoms with Crippen molar-refractivity contribution in [1.82, 2.24) is 0 Å². The molecule has 0 radical (unpaired) electrons. The van der Waals surface area contributed by atoms with Gasteiger partial charge in [-0.15, -0.1) is 0 Å². The lowest BCUT2D eigenvalue weighted by Crippen LogP contribution is -2.05. The molecular formula is C10H15NO. The Kier molecular flexibility index (Phi) is 2.38. The number of nitrogens with two attached hydrogens (primary N) is 1. The minimum absolute atomic E-state index is 0.107. The van der Waals surface area contributed by atoms with E-state index in [1.54, 1.807) is 6.07 Å². The SMILES string of the molecule is Cc1cc(O)c([C@@H](C)N)cc1C. The van der Waals surface area contributed by atoms with Crippen LogP contribution in [0.4, 0.5) is 0 Å². The van der Waals surface area contributed by atoms with Gasteiger partial charge in [-0.25, -0.2) is 0 Å². The van der Waals surface area contributed by atoms with Gasteiger partial charge in [-0.05, 0) is 38.0 Å². The highest BCUT2D eigenvalue weighted by atomic mass is 16.3. The molecule has 0 unspecified atom stereocenters. The van der Waals surface area contributed by atoms with Gasteiger partial charge in [-0.2, -0.15) is 0 Å². The summed E-state index contributed by atoms with van der Waals surface area (Å²) in [4.78, 5) is 0. The number of hydrogen-bond acceptors (Lipinski definition) is 2. The molecule has 0 fully saturated rings. The van der Waals surface area contributed by atoms with E-state index >= 15 is 0 Å². The van der Waals surface area contributed by atoms with Crippen LogP contribution < -0.4 is 5.73 Å². The van der Waals surface area contributed by atoms with Crippen LogP contribution in [0.1, 0.15) is 29.7 Å². The van der Waals surface area contributed by atoms with Crippen molar-refractivity contribution in [3.63, 3.8) is 0 Å². The van der Waals surface area contributed by atoms with Crippen LogP contribution in [0.5, 0.6) is 5.75 Å². The highest BCUT2D eigenvalue weighted by Gasteiger charge is 2.07. The predicted molar refractivity (Wildman–Crippen MR) is 50.2 cm³/mol. The molecule has 1 rings (SSSR count). The second-order valence-corrected chi connectivity index (χ2v) is 3.28. The molecule has 1 aromatic rings. The molecule has 0 aromatic heterocycles. The van der Waals surface area contributed by atoms with E-state index in [9.17, 15) is 5.11 Å². The van der Waals surface area contributed by atoms with Crippen LogP contribution in [0.15, 0.2) is 12.1 Å². The van der Waals surface area contributed by atoms with Crippen LogP contribution in [0.2, 0.25) is 0 Å². The number of rotatable bonds is 1. The third kappa shape index (κ3) is 1.59. The van der Waals surface area contributed by atoms with Gasteiger partial charge in [0.15, 0.2) is 0 Å². The summed E-state index contributed by atoms with van der Waals surface area (Å²) >= 11 is 0. The topological polar surface area (TPSA) is 46.2 Å². The Morgan fingerprint density at radius 1 is 1.25 bits per heavy atom. The molecule has 0 aliphatic carbocycles. The number of aromatic hydroxyl groups is 1. The summed E-state index contributed by atoms with van der Waals surface area (Å²) in [5.74, 6) is 0.299. The molecule has 0 aliphatic rings. The van der Waals surface area contributed by atoms with Crippen molar-refractivity contribution < 1.29 is 5.11 Å². The molecule has 66 valence electrons. The maximum absolute atomic E-state index is 9.51. The van der Waals surface area contributed by atoms with E-state index in [2.05, 4.69) is 0 Å². The fourth-order valence-electron chi connectivity index (χ4n) is 1.19. The van der Waals surface area contributed by atoms with Crippen molar-refractivity contribution in [1.29, 1.82) is 0 Å². The summed E-state index contributed by atoms with van der Waals surface area (Å²) in [5.41, 5.74) is 8.75. The molecule has 1 aromatic carbocycles. The quantitative estimate of drug-likeness (QED) is 0.668. The first-order chi connectivity index (χ1) is 5.52. The Labute approximate surface area is 73.0 Å². The average Bonchev–Trinajstić information content (AvgIpc) is 1.96. The first kappa shape index (κ1) is 9.07. The van der Waals surface area contributed by atoms with Crippen LogP contribution in [0, 0.1) is 13.8 Å². The van der Waals surface area contributed by atoms with Crippen molar-refractivity contribution >= 4 is 0 Å². The smallest absolute Gasteiger partial charge is 0.120 e. The van der Waals surface area contributed by atoms with Gasteiger partial charge in [0, 0.05) is 11.6 Å². The molecule has 2 nitrogen and oxygen atoms in total. The van der Waals surface area contributed by atoms with Crippen molar-refractivity contribution in [2.24, 2.45) is 5.73 Å². The van der Waals surface area contributed by atoms with E-state index in [0.717, 1.165) is 11.1 Å². The van der Waals surface area contributed by atoms with E-state index in [-0.39, 0.29) is 6.04 Å². The largest absolute Gasteiger partial charge is 0.508 e. The maximum Gasteiger partial charge on any atom is 0.120 e. The molecule has 3 N–H and O–H groups in total. The Hall–Kier alpha value is -1.02. The summed E-state index contributed by atoms with van der Waals surface area (Å²) in [5, 5.41) is 9.51. The Morgan fingerprint density at radius 3 is 2.25 bits per heavy atom. The zero-order valence-electron chi connectivity index (χ0n) is 7.76. The van der Waals surface area contributed by atoms with E-state index in [4.69, 9.17) is 5.73 Å².